The molecule has 1 aromatic carbocycles. The summed E-state index contributed by atoms with van der Waals surface area (Å²) in [6.45, 7) is 6.42. The number of nitrogens with one attached hydrogen (secondary N) is 2. The Bertz CT molecular complexity index is 1850. The van der Waals surface area contributed by atoms with E-state index in [-0.39, 0.29) is 53.6 Å². The Hall–Kier alpha value is -5.46. The van der Waals surface area contributed by atoms with Crippen LogP contribution in [0.4, 0.5) is 11.4 Å². The maximum atomic E-state index is 13.3. The van der Waals surface area contributed by atoms with Crippen molar-refractivity contribution < 1.29 is 28.8 Å². The highest BCUT2D eigenvalue weighted by atomic mass is 16.2. The Morgan fingerprint density at radius 2 is 1.64 bits per heavy atom. The molecule has 298 valence electrons. The van der Waals surface area contributed by atoms with E-state index < -0.39 is 0 Å². The lowest BCUT2D eigenvalue weighted by molar-refractivity contribution is -0.138. The first kappa shape index (κ1) is 41.7. The lowest BCUT2D eigenvalue weighted by atomic mass is 9.81. The van der Waals surface area contributed by atoms with Crippen molar-refractivity contribution in [3.05, 3.63) is 71.1 Å². The van der Waals surface area contributed by atoms with E-state index in [9.17, 15) is 28.8 Å². The molecule has 0 atom stereocenters. The van der Waals surface area contributed by atoms with Crippen LogP contribution >= 0.6 is 0 Å². The van der Waals surface area contributed by atoms with Crippen molar-refractivity contribution in [3.63, 3.8) is 0 Å². The number of aryl methyl sites for hydroxylation is 1. The van der Waals surface area contributed by atoms with E-state index in [1.165, 1.54) is 17.1 Å². The number of rotatable bonds is 19. The summed E-state index contributed by atoms with van der Waals surface area (Å²) in [6.07, 6.45) is 16.5. The molecule has 2 aromatic rings. The van der Waals surface area contributed by atoms with Crippen molar-refractivity contribution in [3.8, 4) is 0 Å². The average molecular weight is 766 g/mol. The van der Waals surface area contributed by atoms with Gasteiger partial charge in [-0.1, -0.05) is 26.3 Å². The van der Waals surface area contributed by atoms with Crippen LogP contribution in [-0.2, 0) is 30.4 Å². The Labute approximate surface area is 329 Å². The molecular formula is C43H55N7O6. The Morgan fingerprint density at radius 1 is 0.911 bits per heavy atom. The number of aliphatic imine (C=N–C) groups is 1. The second-order valence-corrected chi connectivity index (χ2v) is 15.0. The molecule has 1 fully saturated rings. The summed E-state index contributed by atoms with van der Waals surface area (Å²) in [5, 5.41) is 5.93. The molecule has 2 aliphatic heterocycles. The number of hydrogen-bond acceptors (Lipinski definition) is 9. The molecule has 3 heterocycles. The van der Waals surface area contributed by atoms with Gasteiger partial charge in [0.15, 0.2) is 0 Å². The quantitative estimate of drug-likeness (QED) is 0.121. The zero-order valence-corrected chi connectivity index (χ0v) is 32.7. The van der Waals surface area contributed by atoms with Crippen LogP contribution in [-0.4, -0.2) is 82.1 Å². The molecule has 13 nitrogen and oxygen atoms in total. The number of benzene rings is 1. The highest BCUT2D eigenvalue weighted by Gasteiger charge is 2.31. The summed E-state index contributed by atoms with van der Waals surface area (Å²) < 4.78 is 0. The molecule has 3 aliphatic rings. The van der Waals surface area contributed by atoms with Crippen LogP contribution in [0.15, 0.2) is 59.4 Å². The summed E-state index contributed by atoms with van der Waals surface area (Å²) in [5.74, 6) is -0.193. The van der Waals surface area contributed by atoms with Gasteiger partial charge in [0.1, 0.15) is 11.6 Å². The van der Waals surface area contributed by atoms with Gasteiger partial charge in [0.05, 0.1) is 17.6 Å². The fourth-order valence-corrected chi connectivity index (χ4v) is 7.49. The van der Waals surface area contributed by atoms with Crippen LogP contribution in [0.1, 0.15) is 112 Å². The van der Waals surface area contributed by atoms with Crippen molar-refractivity contribution in [2.45, 2.75) is 97.3 Å². The molecule has 4 N–H and O–H groups in total. The fraction of sp³-hybridized carbons (Fsp3) is 0.488. The highest BCUT2D eigenvalue weighted by molar-refractivity contribution is 6.13. The van der Waals surface area contributed by atoms with Crippen molar-refractivity contribution in [2.24, 2.45) is 22.6 Å². The third kappa shape index (κ3) is 11.8. The molecule has 56 heavy (non-hydrogen) atoms. The SMILES string of the molecule is CCCN(CCC)C(=O)C1=Cc2ccc(C(=O)Nc3cncc(CCC(=O)CCCCCNC(=O)C4CCC(CN5C(=O)C=CC5=O)CC4)c3)cc2N=C(N)C1. The first-order valence-electron chi connectivity index (χ1n) is 20.1. The molecule has 5 rings (SSSR count). The highest BCUT2D eigenvalue weighted by Crippen LogP contribution is 2.31. The van der Waals surface area contributed by atoms with Gasteiger partial charge in [-0.2, -0.15) is 0 Å². The van der Waals surface area contributed by atoms with Crippen LogP contribution in [0, 0.1) is 11.8 Å². The van der Waals surface area contributed by atoms with E-state index in [0.717, 1.165) is 68.9 Å². The number of carbonyl (C=O) groups is 6. The molecule has 1 saturated carbocycles. The number of ketones is 1. The minimum atomic E-state index is -0.342. The largest absolute Gasteiger partial charge is 0.387 e. The van der Waals surface area contributed by atoms with Gasteiger partial charge in [-0.3, -0.25) is 38.7 Å². The zero-order valence-electron chi connectivity index (χ0n) is 32.7. The molecule has 0 radical (unpaired) electrons. The number of amidine groups is 1. The van der Waals surface area contributed by atoms with Gasteiger partial charge >= 0.3 is 0 Å². The standard InChI is InChI=1S/C43H55N7O6/c1-3-20-49(21-4-2)43(56)34-23-32-14-15-33(24-37(32)48-38(44)25-34)42(55)47-35-22-30(26-45-27-35)11-16-36(51)8-6-5-7-19-46-41(54)31-12-9-29(10-13-31)28-50-39(52)17-18-40(50)53/h14-15,17-18,22-24,26-27,29,31H,3-13,16,19-21,25,28H2,1-2H3,(H2,44,48)(H,46,54)(H,47,55). The lowest BCUT2D eigenvalue weighted by Gasteiger charge is -2.30. The van der Waals surface area contributed by atoms with Crippen LogP contribution in [0.5, 0.6) is 0 Å². The third-order valence-electron chi connectivity index (χ3n) is 10.5. The number of nitrogens with zero attached hydrogens (tertiary/aromatic N) is 4. The van der Waals surface area contributed by atoms with Gasteiger partial charge in [-0.05, 0) is 93.5 Å². The number of unbranched alkanes of at least 4 members (excludes halogenated alkanes) is 2. The third-order valence-corrected chi connectivity index (χ3v) is 10.5. The molecule has 0 bridgehead atoms. The van der Waals surface area contributed by atoms with E-state index in [0.29, 0.717) is 73.8 Å². The topological polar surface area (TPSA) is 184 Å². The van der Waals surface area contributed by atoms with Crippen molar-refractivity contribution >= 4 is 58.6 Å². The van der Waals surface area contributed by atoms with Gasteiger partial charge in [-0.25, -0.2) is 4.99 Å². The van der Waals surface area contributed by atoms with E-state index in [1.807, 2.05) is 30.9 Å². The fourth-order valence-electron chi connectivity index (χ4n) is 7.49. The van der Waals surface area contributed by atoms with E-state index in [1.54, 1.807) is 30.6 Å². The molecular weight excluding hydrogens is 711 g/mol. The predicted molar refractivity (Wildman–Crippen MR) is 216 cm³/mol. The summed E-state index contributed by atoms with van der Waals surface area (Å²) in [7, 11) is 0. The number of pyridine rings is 1. The molecule has 0 unspecified atom stereocenters. The summed E-state index contributed by atoms with van der Waals surface area (Å²) in [6, 6.07) is 6.96. The minimum Gasteiger partial charge on any atom is -0.387 e. The Balaban J connectivity index is 0.998. The van der Waals surface area contributed by atoms with Crippen LogP contribution in [0.25, 0.3) is 6.08 Å². The number of amides is 5. The predicted octanol–water partition coefficient (Wildman–Crippen LogP) is 5.67. The molecule has 5 amide bonds. The Kier molecular flexibility index (Phi) is 15.2. The molecule has 13 heteroatoms. The molecule has 0 spiro atoms. The summed E-state index contributed by atoms with van der Waals surface area (Å²) >= 11 is 0. The second kappa shape index (κ2) is 20.5. The number of hydrogen-bond donors (Lipinski definition) is 3. The van der Waals surface area contributed by atoms with Crippen molar-refractivity contribution in [1.82, 2.24) is 20.1 Å². The lowest BCUT2D eigenvalue weighted by Crippen LogP contribution is -2.38. The summed E-state index contributed by atoms with van der Waals surface area (Å²) in [4.78, 5) is 87.5. The number of aromatic nitrogens is 1. The van der Waals surface area contributed by atoms with E-state index >= 15 is 0 Å². The maximum Gasteiger partial charge on any atom is 0.255 e. The second-order valence-electron chi connectivity index (χ2n) is 15.0. The summed E-state index contributed by atoms with van der Waals surface area (Å²) in [5.41, 5.74) is 9.77. The average Bonchev–Trinajstić information content (AvgIpc) is 3.39. The number of carbonyl (C=O) groups excluding carboxylic acids is 6. The van der Waals surface area contributed by atoms with Crippen LogP contribution in [0.2, 0.25) is 0 Å². The van der Waals surface area contributed by atoms with Gasteiger partial charge in [0.25, 0.3) is 17.7 Å². The molecule has 1 aliphatic carbocycles. The molecule has 0 saturated heterocycles. The van der Waals surface area contributed by atoms with Gasteiger partial charge < -0.3 is 21.3 Å². The monoisotopic (exact) mass is 765 g/mol. The number of fused-ring (bicyclic) bond motifs is 1. The van der Waals surface area contributed by atoms with Crippen molar-refractivity contribution in [1.29, 1.82) is 0 Å². The number of imide groups is 1. The van der Waals surface area contributed by atoms with Crippen LogP contribution in [0.3, 0.4) is 0 Å². The number of nitrogens with two attached hydrogens (primary N) is 1. The zero-order chi connectivity index (χ0) is 40.0. The number of Topliss-reactive ketones (excluding diaryl/α,β-unsaturated/α-hetero) is 1. The van der Waals surface area contributed by atoms with Crippen LogP contribution < -0.4 is 16.4 Å². The normalized spacial score (nSPS) is 17.8. The first-order valence-corrected chi connectivity index (χ1v) is 20.1. The van der Waals surface area contributed by atoms with E-state index in [2.05, 4.69) is 20.6 Å². The first-order chi connectivity index (χ1) is 27.0. The molecule has 1 aromatic heterocycles. The van der Waals surface area contributed by atoms with Crippen molar-refractivity contribution in [2.75, 3.05) is 31.5 Å². The van der Waals surface area contributed by atoms with Gasteiger partial charge in [0, 0.05) is 86.4 Å². The smallest absolute Gasteiger partial charge is 0.255 e. The van der Waals surface area contributed by atoms with Gasteiger partial charge in [0.2, 0.25) is 11.8 Å². The maximum absolute atomic E-state index is 13.3. The van der Waals surface area contributed by atoms with Gasteiger partial charge in [-0.15, -0.1) is 0 Å². The van der Waals surface area contributed by atoms with E-state index in [4.69, 9.17) is 5.73 Å². The Morgan fingerprint density at radius 3 is 2.36 bits per heavy atom. The minimum absolute atomic E-state index is 0.0437. The number of anilines is 1.